The number of hydrogen-bond donors (Lipinski definition) is 1. The van der Waals surface area contributed by atoms with E-state index in [0.717, 1.165) is 31.8 Å². The van der Waals surface area contributed by atoms with Gasteiger partial charge in [0, 0.05) is 23.3 Å². The molecule has 31 heavy (non-hydrogen) atoms. The van der Waals surface area contributed by atoms with Gasteiger partial charge in [-0.1, -0.05) is 53.0 Å². The SMILES string of the molecule is C=C(C)C(=O)OC.C=C(C)C(=O)OCCCC.C=CC(=O)O.C=CC(=O)OCCCC. The van der Waals surface area contributed by atoms with E-state index in [1.54, 1.807) is 13.8 Å². The van der Waals surface area contributed by atoms with Crippen molar-refractivity contribution in [1.82, 2.24) is 0 Å². The normalized spacial score (nSPS) is 8.16. The van der Waals surface area contributed by atoms with E-state index >= 15 is 0 Å². The van der Waals surface area contributed by atoms with Crippen LogP contribution in [0.15, 0.2) is 49.6 Å². The van der Waals surface area contributed by atoms with Crippen molar-refractivity contribution < 1.29 is 38.5 Å². The average molecular weight is 443 g/mol. The van der Waals surface area contributed by atoms with Crippen LogP contribution < -0.4 is 0 Å². The number of carbonyl (C=O) groups is 4. The lowest BCUT2D eigenvalue weighted by atomic mass is 10.3. The van der Waals surface area contributed by atoms with Crippen LogP contribution in [0.3, 0.4) is 0 Å². The topological polar surface area (TPSA) is 116 Å². The lowest BCUT2D eigenvalue weighted by molar-refractivity contribution is -0.139. The Morgan fingerprint density at radius 3 is 1.42 bits per heavy atom. The quantitative estimate of drug-likeness (QED) is 0.229. The van der Waals surface area contributed by atoms with Gasteiger partial charge in [-0.05, 0) is 26.7 Å². The molecule has 0 unspecified atom stereocenters. The summed E-state index contributed by atoms with van der Waals surface area (Å²) < 4.78 is 13.8. The Kier molecular flexibility index (Phi) is 30.6. The second kappa shape index (κ2) is 26.8. The van der Waals surface area contributed by atoms with E-state index in [-0.39, 0.29) is 17.9 Å². The van der Waals surface area contributed by atoms with Gasteiger partial charge in [0.25, 0.3) is 0 Å². The van der Waals surface area contributed by atoms with E-state index in [2.05, 4.69) is 42.7 Å². The van der Waals surface area contributed by atoms with Gasteiger partial charge in [-0.3, -0.25) is 0 Å². The van der Waals surface area contributed by atoms with Crippen LogP contribution in [0.2, 0.25) is 0 Å². The summed E-state index contributed by atoms with van der Waals surface area (Å²) in [7, 11) is 1.33. The van der Waals surface area contributed by atoms with Crippen molar-refractivity contribution in [2.45, 2.75) is 53.4 Å². The third-order valence-corrected chi connectivity index (χ3v) is 2.70. The fraction of sp³-hybridized carbons (Fsp3) is 0.478. The molecule has 0 aliphatic heterocycles. The first-order valence-corrected chi connectivity index (χ1v) is 9.65. The van der Waals surface area contributed by atoms with Crippen LogP contribution in [-0.2, 0) is 33.4 Å². The van der Waals surface area contributed by atoms with E-state index in [9.17, 15) is 19.2 Å². The van der Waals surface area contributed by atoms with Gasteiger partial charge in [-0.15, -0.1) is 0 Å². The molecule has 0 rings (SSSR count). The number of hydrogen-bond acceptors (Lipinski definition) is 7. The van der Waals surface area contributed by atoms with Gasteiger partial charge >= 0.3 is 23.9 Å². The number of aliphatic carboxylic acids is 1. The first kappa shape index (κ1) is 35.3. The van der Waals surface area contributed by atoms with Crippen molar-refractivity contribution in [3.63, 3.8) is 0 Å². The minimum atomic E-state index is -0.981. The van der Waals surface area contributed by atoms with Crippen LogP contribution >= 0.6 is 0 Å². The summed E-state index contributed by atoms with van der Waals surface area (Å²) in [6, 6.07) is 0. The third-order valence-electron chi connectivity index (χ3n) is 2.70. The molecular formula is C23H38O8. The van der Waals surface area contributed by atoms with Crippen molar-refractivity contribution in [2.24, 2.45) is 0 Å². The van der Waals surface area contributed by atoms with Gasteiger partial charge in [0.1, 0.15) is 0 Å². The Bertz CT molecular complexity index is 576. The molecule has 0 aromatic rings. The zero-order valence-electron chi connectivity index (χ0n) is 19.5. The Morgan fingerprint density at radius 2 is 1.19 bits per heavy atom. The summed E-state index contributed by atoms with van der Waals surface area (Å²) in [5.74, 6) is -1.94. The van der Waals surface area contributed by atoms with E-state index in [0.29, 0.717) is 24.4 Å². The van der Waals surface area contributed by atoms with Gasteiger partial charge in [-0.2, -0.15) is 0 Å². The molecule has 0 saturated carbocycles. The van der Waals surface area contributed by atoms with E-state index in [1.807, 2.05) is 6.92 Å². The highest BCUT2D eigenvalue weighted by Crippen LogP contribution is 1.94. The zero-order chi connectivity index (χ0) is 25.2. The maximum atomic E-state index is 10.7. The molecule has 0 heterocycles. The summed E-state index contributed by atoms with van der Waals surface area (Å²) >= 11 is 0. The highest BCUT2D eigenvalue weighted by atomic mass is 16.5. The molecular weight excluding hydrogens is 404 g/mol. The Balaban J connectivity index is -0.000000161. The molecule has 0 atom stereocenters. The number of rotatable bonds is 10. The molecule has 0 aliphatic rings. The predicted molar refractivity (Wildman–Crippen MR) is 121 cm³/mol. The van der Waals surface area contributed by atoms with Gasteiger partial charge in [0.15, 0.2) is 0 Å². The van der Waals surface area contributed by atoms with Crippen LogP contribution in [0.5, 0.6) is 0 Å². The summed E-state index contributed by atoms with van der Waals surface area (Å²) in [5.41, 5.74) is 0.901. The van der Waals surface area contributed by atoms with Crippen LogP contribution in [0, 0.1) is 0 Å². The second-order valence-electron chi connectivity index (χ2n) is 5.81. The lowest BCUT2D eigenvalue weighted by Gasteiger charge is -2.01. The van der Waals surface area contributed by atoms with Crippen LogP contribution in [0.25, 0.3) is 0 Å². The smallest absolute Gasteiger partial charge is 0.333 e. The first-order valence-electron chi connectivity index (χ1n) is 9.65. The van der Waals surface area contributed by atoms with Crippen molar-refractivity contribution in [1.29, 1.82) is 0 Å². The molecule has 0 fully saturated rings. The van der Waals surface area contributed by atoms with Crippen molar-refractivity contribution in [3.8, 4) is 0 Å². The number of ether oxygens (including phenoxy) is 3. The molecule has 0 radical (unpaired) electrons. The largest absolute Gasteiger partial charge is 0.478 e. The van der Waals surface area contributed by atoms with Gasteiger partial charge < -0.3 is 19.3 Å². The predicted octanol–water partition coefficient (Wildman–Crippen LogP) is 4.41. The maximum Gasteiger partial charge on any atom is 0.333 e. The monoisotopic (exact) mass is 442 g/mol. The summed E-state index contributed by atoms with van der Waals surface area (Å²) in [5, 5.41) is 7.60. The molecule has 0 aliphatic carbocycles. The fourth-order valence-corrected chi connectivity index (χ4v) is 0.983. The molecule has 0 saturated heterocycles. The minimum absolute atomic E-state index is 0.284. The molecule has 8 nitrogen and oxygen atoms in total. The first-order chi connectivity index (χ1) is 14.4. The molecule has 0 aromatic carbocycles. The van der Waals surface area contributed by atoms with Crippen molar-refractivity contribution in [3.05, 3.63) is 49.6 Å². The highest BCUT2D eigenvalue weighted by Gasteiger charge is 2.00. The van der Waals surface area contributed by atoms with Gasteiger partial charge in [-0.25, -0.2) is 19.2 Å². The standard InChI is InChI=1S/C8H14O2.C7H12O2.C5H8O2.C3H4O2/c1-4-5-6-10-8(9)7(2)3;1-3-5-6-9-7(8)4-2;1-4(2)5(6)7-3;1-2-3(4)5/h2,4-6H2,1,3H3;4H,2-3,5-6H2,1H3;1H2,2-3H3;2H,1H2,(H,4,5). The number of unbranched alkanes of at least 4 members (excludes halogenated alkanes) is 2. The van der Waals surface area contributed by atoms with Crippen molar-refractivity contribution in [2.75, 3.05) is 20.3 Å². The lowest BCUT2D eigenvalue weighted by Crippen LogP contribution is -2.05. The van der Waals surface area contributed by atoms with Crippen LogP contribution in [0.1, 0.15) is 53.4 Å². The Labute approximate surface area is 186 Å². The fourth-order valence-electron chi connectivity index (χ4n) is 0.983. The molecule has 178 valence electrons. The molecule has 1 N–H and O–H groups in total. The van der Waals surface area contributed by atoms with Crippen molar-refractivity contribution >= 4 is 23.9 Å². The number of carboxylic acid groups (broad SMARTS) is 1. The molecule has 0 spiro atoms. The summed E-state index contributed by atoms with van der Waals surface area (Å²) in [6.45, 7) is 21.4. The van der Waals surface area contributed by atoms with Crippen LogP contribution in [-0.4, -0.2) is 49.3 Å². The van der Waals surface area contributed by atoms with Crippen LogP contribution in [0.4, 0.5) is 0 Å². The van der Waals surface area contributed by atoms with E-state index < -0.39 is 5.97 Å². The molecule has 0 bridgehead atoms. The van der Waals surface area contributed by atoms with E-state index in [1.165, 1.54) is 13.2 Å². The van der Waals surface area contributed by atoms with Gasteiger partial charge in [0.2, 0.25) is 0 Å². The molecule has 0 aromatic heterocycles. The highest BCUT2D eigenvalue weighted by molar-refractivity contribution is 5.87. The van der Waals surface area contributed by atoms with E-state index in [4.69, 9.17) is 9.84 Å². The maximum absolute atomic E-state index is 10.7. The Morgan fingerprint density at radius 1 is 0.806 bits per heavy atom. The average Bonchev–Trinajstić information content (AvgIpc) is 2.74. The molecule has 8 heteroatoms. The number of carbonyl (C=O) groups excluding carboxylic acids is 3. The number of methoxy groups -OCH3 is 1. The zero-order valence-corrected chi connectivity index (χ0v) is 19.5. The third kappa shape index (κ3) is 38.1. The van der Waals surface area contributed by atoms with Gasteiger partial charge in [0.05, 0.1) is 20.3 Å². The minimum Gasteiger partial charge on any atom is -0.478 e. The second-order valence-corrected chi connectivity index (χ2v) is 5.81. The number of carboxylic acids is 1. The Hall–Kier alpha value is -3.16. The summed E-state index contributed by atoms with van der Waals surface area (Å²) in [4.78, 5) is 40.5. The molecule has 0 amide bonds. The number of esters is 3. The summed E-state index contributed by atoms with van der Waals surface area (Å²) in [6.07, 6.45) is 5.96.